The van der Waals surface area contributed by atoms with Crippen LogP contribution in [0.5, 0.6) is 0 Å². The quantitative estimate of drug-likeness (QED) is 0.749. The molecule has 1 aliphatic rings. The zero-order valence-corrected chi connectivity index (χ0v) is 14.1. The van der Waals surface area contributed by atoms with Crippen LogP contribution in [0.15, 0.2) is 54.7 Å². The molecule has 5 nitrogen and oxygen atoms in total. The molecule has 2 aromatic carbocycles. The minimum Gasteiger partial charge on any atom is -0.464 e. The molecule has 1 atom stereocenters. The number of fused-ring (bicyclic) bond motifs is 2. The number of amides is 1. The van der Waals surface area contributed by atoms with Crippen molar-refractivity contribution < 1.29 is 14.3 Å². The van der Waals surface area contributed by atoms with Crippen molar-refractivity contribution >= 4 is 22.8 Å². The summed E-state index contributed by atoms with van der Waals surface area (Å²) in [6.07, 6.45) is 1.89. The predicted molar refractivity (Wildman–Crippen MR) is 94.2 cm³/mol. The van der Waals surface area contributed by atoms with E-state index in [0.717, 1.165) is 16.5 Å². The fourth-order valence-electron chi connectivity index (χ4n) is 3.68. The lowest BCUT2D eigenvalue weighted by Crippen LogP contribution is -2.48. The number of aryl methyl sites for hydroxylation is 1. The minimum absolute atomic E-state index is 0.239. The lowest BCUT2D eigenvalue weighted by atomic mass is 9.83. The van der Waals surface area contributed by atoms with Crippen molar-refractivity contribution in [2.24, 2.45) is 7.05 Å². The molecule has 0 bridgehead atoms. The number of ether oxygens (including phenoxy) is 1. The van der Waals surface area contributed by atoms with Gasteiger partial charge in [-0.1, -0.05) is 36.4 Å². The molecule has 4 rings (SSSR count). The second-order valence-corrected chi connectivity index (χ2v) is 6.14. The van der Waals surface area contributed by atoms with Crippen LogP contribution in [0.2, 0.25) is 0 Å². The highest BCUT2D eigenvalue weighted by Gasteiger charge is 2.52. The topological polar surface area (TPSA) is 60.3 Å². The fraction of sp³-hybridized carbons (Fsp3) is 0.200. The number of esters is 1. The Bertz CT molecular complexity index is 1010. The molecule has 0 aliphatic carbocycles. The van der Waals surface area contributed by atoms with Gasteiger partial charge in [-0.05, 0) is 19.1 Å². The summed E-state index contributed by atoms with van der Waals surface area (Å²) in [5, 5.41) is 3.82. The van der Waals surface area contributed by atoms with E-state index in [2.05, 4.69) is 5.32 Å². The molecule has 1 unspecified atom stereocenters. The Morgan fingerprint density at radius 2 is 1.84 bits per heavy atom. The van der Waals surface area contributed by atoms with Crippen LogP contribution >= 0.6 is 0 Å². The van der Waals surface area contributed by atoms with E-state index >= 15 is 0 Å². The number of aromatic nitrogens is 1. The van der Waals surface area contributed by atoms with Crippen LogP contribution in [-0.4, -0.2) is 23.1 Å². The summed E-state index contributed by atoms with van der Waals surface area (Å²) in [7, 11) is 1.92. The average molecular weight is 334 g/mol. The van der Waals surface area contributed by atoms with Gasteiger partial charge in [-0.15, -0.1) is 0 Å². The first kappa shape index (κ1) is 15.4. The summed E-state index contributed by atoms with van der Waals surface area (Å²) in [5.74, 6) is -0.735. The molecular formula is C20H18N2O3. The lowest BCUT2D eigenvalue weighted by molar-refractivity contribution is -0.149. The van der Waals surface area contributed by atoms with Gasteiger partial charge in [0.1, 0.15) is 0 Å². The van der Waals surface area contributed by atoms with Crippen molar-refractivity contribution in [3.63, 3.8) is 0 Å². The largest absolute Gasteiger partial charge is 0.464 e. The number of nitrogens with one attached hydrogen (secondary N) is 1. The number of carbonyl (C=O) groups excluding carboxylic acids is 2. The average Bonchev–Trinajstić information content (AvgIpc) is 3.12. The molecule has 1 aromatic heterocycles. The highest BCUT2D eigenvalue weighted by Crippen LogP contribution is 2.41. The van der Waals surface area contributed by atoms with Crippen molar-refractivity contribution in [2.75, 3.05) is 6.61 Å². The van der Waals surface area contributed by atoms with Crippen LogP contribution in [0, 0.1) is 0 Å². The molecule has 1 aliphatic heterocycles. The molecule has 1 amide bonds. The number of rotatable bonds is 3. The van der Waals surface area contributed by atoms with Gasteiger partial charge in [-0.25, -0.2) is 4.79 Å². The Kier molecular flexibility index (Phi) is 3.39. The van der Waals surface area contributed by atoms with E-state index in [0.29, 0.717) is 11.1 Å². The van der Waals surface area contributed by atoms with Crippen LogP contribution in [0.1, 0.15) is 28.4 Å². The van der Waals surface area contributed by atoms with Crippen molar-refractivity contribution in [1.29, 1.82) is 0 Å². The van der Waals surface area contributed by atoms with E-state index in [1.54, 1.807) is 19.1 Å². The number of hydrogen-bond donors (Lipinski definition) is 1. The standard InChI is InChI=1S/C20H18N2O3/c1-3-25-19(24)20(15-10-6-4-9-14(15)18(23)21-20)16-12-22(2)17-11-7-5-8-13(16)17/h4-12H,3H2,1-2H3,(H,21,23). The molecule has 2 heterocycles. The lowest BCUT2D eigenvalue weighted by Gasteiger charge is -2.28. The first-order valence-corrected chi connectivity index (χ1v) is 8.23. The molecule has 25 heavy (non-hydrogen) atoms. The van der Waals surface area contributed by atoms with E-state index in [4.69, 9.17) is 4.74 Å². The summed E-state index contributed by atoms with van der Waals surface area (Å²) in [5.41, 5.74) is 1.52. The van der Waals surface area contributed by atoms with Gasteiger partial charge in [-0.2, -0.15) is 0 Å². The molecule has 0 fully saturated rings. The molecule has 1 N–H and O–H groups in total. The summed E-state index contributed by atoms with van der Waals surface area (Å²) in [6.45, 7) is 2.00. The summed E-state index contributed by atoms with van der Waals surface area (Å²) >= 11 is 0. The normalized spacial score (nSPS) is 18.9. The number of carbonyl (C=O) groups is 2. The van der Waals surface area contributed by atoms with Gasteiger partial charge < -0.3 is 14.6 Å². The fourth-order valence-corrected chi connectivity index (χ4v) is 3.68. The highest BCUT2D eigenvalue weighted by atomic mass is 16.5. The highest BCUT2D eigenvalue weighted by molar-refractivity contribution is 6.09. The Hall–Kier alpha value is -3.08. The molecule has 3 aromatic rings. The van der Waals surface area contributed by atoms with Crippen LogP contribution in [0.25, 0.3) is 10.9 Å². The van der Waals surface area contributed by atoms with Gasteiger partial charge >= 0.3 is 5.97 Å². The smallest absolute Gasteiger partial charge is 0.341 e. The maximum atomic E-state index is 13.1. The van der Waals surface area contributed by atoms with Gasteiger partial charge in [0.25, 0.3) is 5.91 Å². The molecular weight excluding hydrogens is 316 g/mol. The molecule has 0 saturated heterocycles. The molecule has 0 spiro atoms. The second kappa shape index (κ2) is 5.48. The summed E-state index contributed by atoms with van der Waals surface area (Å²) in [6, 6.07) is 15.0. The second-order valence-electron chi connectivity index (χ2n) is 6.14. The summed E-state index contributed by atoms with van der Waals surface area (Å²) < 4.78 is 7.34. The maximum absolute atomic E-state index is 13.1. The Labute approximate surface area is 145 Å². The van der Waals surface area contributed by atoms with Crippen LogP contribution in [0.3, 0.4) is 0 Å². The third kappa shape index (κ3) is 2.02. The summed E-state index contributed by atoms with van der Waals surface area (Å²) in [4.78, 5) is 25.7. The van der Waals surface area contributed by atoms with Crippen molar-refractivity contribution in [3.05, 3.63) is 71.4 Å². The number of benzene rings is 2. The van der Waals surface area contributed by atoms with Crippen molar-refractivity contribution in [3.8, 4) is 0 Å². The zero-order valence-electron chi connectivity index (χ0n) is 14.1. The van der Waals surface area contributed by atoms with Gasteiger partial charge in [0.15, 0.2) is 5.54 Å². The van der Waals surface area contributed by atoms with Crippen molar-refractivity contribution in [2.45, 2.75) is 12.5 Å². The maximum Gasteiger partial charge on any atom is 0.341 e. The van der Waals surface area contributed by atoms with Crippen LogP contribution in [-0.2, 0) is 22.1 Å². The van der Waals surface area contributed by atoms with E-state index in [9.17, 15) is 9.59 Å². The van der Waals surface area contributed by atoms with Gasteiger partial charge in [-0.3, -0.25) is 4.79 Å². The molecule has 0 radical (unpaired) electrons. The Morgan fingerprint density at radius 1 is 1.12 bits per heavy atom. The molecule has 0 saturated carbocycles. The monoisotopic (exact) mass is 334 g/mol. The zero-order chi connectivity index (χ0) is 17.6. The van der Waals surface area contributed by atoms with E-state index in [1.807, 2.05) is 54.2 Å². The number of para-hydroxylation sites is 1. The van der Waals surface area contributed by atoms with E-state index < -0.39 is 11.5 Å². The molecule has 5 heteroatoms. The van der Waals surface area contributed by atoms with Gasteiger partial charge in [0.2, 0.25) is 0 Å². The van der Waals surface area contributed by atoms with Crippen LogP contribution in [0.4, 0.5) is 0 Å². The van der Waals surface area contributed by atoms with Gasteiger partial charge in [0.05, 0.1) is 6.61 Å². The Balaban J connectivity index is 2.07. The number of hydrogen-bond acceptors (Lipinski definition) is 3. The third-order valence-electron chi connectivity index (χ3n) is 4.76. The predicted octanol–water partition coefficient (Wildman–Crippen LogP) is 2.73. The van der Waals surface area contributed by atoms with E-state index in [1.165, 1.54) is 0 Å². The van der Waals surface area contributed by atoms with Crippen molar-refractivity contribution in [1.82, 2.24) is 9.88 Å². The first-order valence-electron chi connectivity index (χ1n) is 8.23. The van der Waals surface area contributed by atoms with Crippen LogP contribution < -0.4 is 5.32 Å². The van der Waals surface area contributed by atoms with E-state index in [-0.39, 0.29) is 12.5 Å². The number of nitrogens with zero attached hydrogens (tertiary/aromatic N) is 1. The van der Waals surface area contributed by atoms with Gasteiger partial charge in [0, 0.05) is 40.8 Å². The third-order valence-corrected chi connectivity index (χ3v) is 4.76. The minimum atomic E-state index is -1.33. The first-order chi connectivity index (χ1) is 12.1. The Morgan fingerprint density at radius 3 is 2.64 bits per heavy atom. The molecule has 126 valence electrons. The SMILES string of the molecule is CCOC(=O)C1(c2cn(C)c3ccccc23)NC(=O)c2ccccc21.